The molecule has 1 atom stereocenters. The molecule has 0 aromatic heterocycles. The highest BCUT2D eigenvalue weighted by Crippen LogP contribution is 2.22. The van der Waals surface area contributed by atoms with Gasteiger partial charge in [0.2, 0.25) is 5.91 Å². The van der Waals surface area contributed by atoms with Crippen LogP contribution < -0.4 is 11.1 Å². The Morgan fingerprint density at radius 2 is 1.67 bits per heavy atom. The minimum absolute atomic E-state index is 0. The number of carbonyl (C=O) groups is 1. The molecule has 0 fully saturated rings. The van der Waals surface area contributed by atoms with Crippen LogP contribution in [-0.4, -0.2) is 19.0 Å². The lowest BCUT2D eigenvalue weighted by atomic mass is 9.94. The Morgan fingerprint density at radius 1 is 1.10 bits per heavy atom. The number of nitrogens with one attached hydrogen (secondary N) is 1. The number of rotatable bonds is 8. The summed E-state index contributed by atoms with van der Waals surface area (Å²) in [6, 6.07) is 8.61. The van der Waals surface area contributed by atoms with Crippen LogP contribution in [0.1, 0.15) is 63.0 Å². The zero-order valence-corrected chi connectivity index (χ0v) is 14.2. The molecule has 3 nitrogen and oxygen atoms in total. The van der Waals surface area contributed by atoms with Crippen molar-refractivity contribution in [2.45, 2.75) is 51.9 Å². The van der Waals surface area contributed by atoms with Crippen molar-refractivity contribution in [1.82, 2.24) is 5.32 Å². The van der Waals surface area contributed by atoms with E-state index in [9.17, 15) is 4.79 Å². The quantitative estimate of drug-likeness (QED) is 0.721. The van der Waals surface area contributed by atoms with E-state index >= 15 is 0 Å². The van der Waals surface area contributed by atoms with E-state index in [1.54, 1.807) is 0 Å². The second-order valence-corrected chi connectivity index (χ2v) is 5.77. The first-order chi connectivity index (χ1) is 9.54. The molecule has 0 aliphatic heterocycles. The van der Waals surface area contributed by atoms with Crippen molar-refractivity contribution in [2.24, 2.45) is 5.73 Å². The number of hydrogen-bond acceptors (Lipinski definition) is 2. The number of halogens is 1. The van der Waals surface area contributed by atoms with Crippen LogP contribution in [0.15, 0.2) is 24.3 Å². The Balaban J connectivity index is 0.00000400. The third kappa shape index (κ3) is 7.49. The molecule has 1 aromatic carbocycles. The van der Waals surface area contributed by atoms with Gasteiger partial charge in [0.1, 0.15) is 0 Å². The van der Waals surface area contributed by atoms with Crippen molar-refractivity contribution in [3.63, 3.8) is 0 Å². The maximum absolute atomic E-state index is 11.8. The van der Waals surface area contributed by atoms with Crippen LogP contribution in [0.5, 0.6) is 0 Å². The van der Waals surface area contributed by atoms with E-state index in [0.29, 0.717) is 18.9 Å². The molecule has 0 aliphatic carbocycles. The Kier molecular flexibility index (Phi) is 10.1. The fourth-order valence-electron chi connectivity index (χ4n) is 2.17. The third-order valence-corrected chi connectivity index (χ3v) is 3.62. The van der Waals surface area contributed by atoms with Crippen LogP contribution in [0.2, 0.25) is 0 Å². The van der Waals surface area contributed by atoms with E-state index in [-0.39, 0.29) is 24.2 Å². The minimum Gasteiger partial charge on any atom is -0.356 e. The lowest BCUT2D eigenvalue weighted by molar-refractivity contribution is -0.121. The van der Waals surface area contributed by atoms with Crippen LogP contribution in [0.4, 0.5) is 0 Å². The number of carbonyl (C=O) groups excluding carboxylic acids is 1. The number of unbranched alkanes of at least 4 members (excludes halogenated alkanes) is 1. The molecule has 4 heteroatoms. The van der Waals surface area contributed by atoms with Gasteiger partial charge >= 0.3 is 0 Å². The molecule has 0 aliphatic rings. The van der Waals surface area contributed by atoms with Crippen molar-refractivity contribution in [3.8, 4) is 0 Å². The summed E-state index contributed by atoms with van der Waals surface area (Å²) in [5.41, 5.74) is 7.99. The van der Waals surface area contributed by atoms with E-state index < -0.39 is 0 Å². The highest BCUT2D eigenvalue weighted by Gasteiger charge is 2.11. The Morgan fingerprint density at radius 3 is 2.19 bits per heavy atom. The lowest BCUT2D eigenvalue weighted by Crippen LogP contribution is -2.25. The molecular formula is C17H29ClN2O. The van der Waals surface area contributed by atoms with Gasteiger partial charge in [-0.15, -0.1) is 12.4 Å². The largest absolute Gasteiger partial charge is 0.356 e. The van der Waals surface area contributed by atoms with Crippen molar-refractivity contribution in [1.29, 1.82) is 0 Å². The van der Waals surface area contributed by atoms with Crippen LogP contribution in [0, 0.1) is 0 Å². The first-order valence-electron chi connectivity index (χ1n) is 7.61. The average Bonchev–Trinajstić information content (AvgIpc) is 2.43. The predicted molar refractivity (Wildman–Crippen MR) is 92.1 cm³/mol. The highest BCUT2D eigenvalue weighted by atomic mass is 35.5. The number of nitrogens with two attached hydrogens (primary N) is 1. The summed E-state index contributed by atoms with van der Waals surface area (Å²) in [4.78, 5) is 11.8. The molecule has 1 rings (SSSR count). The summed E-state index contributed by atoms with van der Waals surface area (Å²) in [6.45, 7) is 7.90. The summed E-state index contributed by atoms with van der Waals surface area (Å²) in [5.74, 6) is 0.929. The fourth-order valence-corrected chi connectivity index (χ4v) is 2.17. The predicted octanol–water partition coefficient (Wildman–Crippen LogP) is 3.58. The molecule has 3 N–H and O–H groups in total. The zero-order chi connectivity index (χ0) is 15.0. The second-order valence-electron chi connectivity index (χ2n) is 5.77. The molecule has 120 valence electrons. The highest BCUT2D eigenvalue weighted by molar-refractivity contribution is 5.85. The molecule has 1 unspecified atom stereocenters. The maximum atomic E-state index is 11.8. The molecule has 0 heterocycles. The van der Waals surface area contributed by atoms with Gasteiger partial charge in [-0.05, 0) is 42.3 Å². The van der Waals surface area contributed by atoms with Gasteiger partial charge < -0.3 is 11.1 Å². The average molecular weight is 313 g/mol. The molecule has 0 radical (unpaired) electrons. The van der Waals surface area contributed by atoms with Crippen LogP contribution in [0.25, 0.3) is 0 Å². The first kappa shape index (κ1) is 19.9. The standard InChI is InChI=1S/C17H28N2O.ClH/c1-13(2)15-6-8-16(9-7-15)14(3)12-17(20)19-11-5-4-10-18;/h6-9,13-14H,4-5,10-12,18H2,1-3H3,(H,19,20);1H. The van der Waals surface area contributed by atoms with E-state index in [4.69, 9.17) is 5.73 Å². The minimum atomic E-state index is 0. The van der Waals surface area contributed by atoms with Gasteiger partial charge in [-0.25, -0.2) is 0 Å². The number of benzene rings is 1. The van der Waals surface area contributed by atoms with Gasteiger partial charge in [-0.3, -0.25) is 4.79 Å². The van der Waals surface area contributed by atoms with Gasteiger partial charge in [0.25, 0.3) is 0 Å². The van der Waals surface area contributed by atoms with E-state index in [0.717, 1.165) is 19.4 Å². The Hall–Kier alpha value is -1.06. The van der Waals surface area contributed by atoms with E-state index in [1.807, 2.05) is 0 Å². The molecule has 0 bridgehead atoms. The SMILES string of the molecule is CC(C)c1ccc(C(C)CC(=O)NCCCCN)cc1.Cl. The monoisotopic (exact) mass is 312 g/mol. The molecule has 0 spiro atoms. The lowest BCUT2D eigenvalue weighted by Gasteiger charge is -2.13. The first-order valence-corrected chi connectivity index (χ1v) is 7.61. The smallest absolute Gasteiger partial charge is 0.220 e. The molecular weight excluding hydrogens is 284 g/mol. The summed E-state index contributed by atoms with van der Waals surface area (Å²) < 4.78 is 0. The van der Waals surface area contributed by atoms with Gasteiger partial charge in [0, 0.05) is 13.0 Å². The van der Waals surface area contributed by atoms with Crippen LogP contribution in [0.3, 0.4) is 0 Å². The van der Waals surface area contributed by atoms with E-state index in [2.05, 4.69) is 50.4 Å². The normalized spacial score (nSPS) is 11.9. The van der Waals surface area contributed by atoms with Crippen molar-refractivity contribution >= 4 is 18.3 Å². The summed E-state index contributed by atoms with van der Waals surface area (Å²) in [5, 5.41) is 2.95. The molecule has 21 heavy (non-hydrogen) atoms. The van der Waals surface area contributed by atoms with Crippen molar-refractivity contribution < 1.29 is 4.79 Å². The van der Waals surface area contributed by atoms with Crippen molar-refractivity contribution in [3.05, 3.63) is 35.4 Å². The van der Waals surface area contributed by atoms with Gasteiger partial charge in [0.05, 0.1) is 0 Å². The number of hydrogen-bond donors (Lipinski definition) is 2. The summed E-state index contributed by atoms with van der Waals surface area (Å²) >= 11 is 0. The zero-order valence-electron chi connectivity index (χ0n) is 13.4. The summed E-state index contributed by atoms with van der Waals surface area (Å²) in [7, 11) is 0. The van der Waals surface area contributed by atoms with Gasteiger partial charge in [0.15, 0.2) is 0 Å². The van der Waals surface area contributed by atoms with Gasteiger partial charge in [-0.1, -0.05) is 45.0 Å². The van der Waals surface area contributed by atoms with E-state index in [1.165, 1.54) is 11.1 Å². The molecule has 0 saturated heterocycles. The fraction of sp³-hybridized carbons (Fsp3) is 0.588. The molecule has 1 aromatic rings. The van der Waals surface area contributed by atoms with Crippen molar-refractivity contribution in [2.75, 3.05) is 13.1 Å². The Labute approximate surface area is 135 Å². The number of amides is 1. The third-order valence-electron chi connectivity index (χ3n) is 3.62. The van der Waals surface area contributed by atoms with Crippen LogP contribution in [-0.2, 0) is 4.79 Å². The molecule has 0 saturated carbocycles. The molecule has 1 amide bonds. The topological polar surface area (TPSA) is 55.1 Å². The Bertz CT molecular complexity index is 404. The second kappa shape index (κ2) is 10.6. The summed E-state index contributed by atoms with van der Waals surface area (Å²) in [6.07, 6.45) is 2.47. The van der Waals surface area contributed by atoms with Crippen LogP contribution >= 0.6 is 12.4 Å². The van der Waals surface area contributed by atoms with Gasteiger partial charge in [-0.2, -0.15) is 0 Å². The maximum Gasteiger partial charge on any atom is 0.220 e.